The van der Waals surface area contributed by atoms with E-state index >= 15 is 0 Å². The zero-order valence-electron chi connectivity index (χ0n) is 12.5. The molecule has 0 spiro atoms. The fraction of sp³-hybridized carbons (Fsp3) is 0.467. The first-order valence-electron chi connectivity index (χ1n) is 7.47. The van der Waals surface area contributed by atoms with E-state index in [-0.39, 0.29) is 11.9 Å². The lowest BCUT2D eigenvalue weighted by Crippen LogP contribution is -2.31. The molecule has 1 fully saturated rings. The summed E-state index contributed by atoms with van der Waals surface area (Å²) in [7, 11) is 0. The standard InChI is InChI=1S/C15H19N5O2/c1-11-10-13(22-19-11)12-4-2-9-20(12)14(21)5-8-18-15-16-6-3-7-17-15/h3,6-7,10,12H,2,4-5,8-9H2,1H3,(H,16,17,18)/t12-/m1/s1. The number of aryl methyl sites for hydroxylation is 1. The number of likely N-dealkylation sites (tertiary alicyclic amines) is 1. The molecule has 0 radical (unpaired) electrons. The van der Waals surface area contributed by atoms with Crippen molar-refractivity contribution >= 4 is 11.9 Å². The van der Waals surface area contributed by atoms with Gasteiger partial charge in [0.1, 0.15) is 0 Å². The third kappa shape index (κ3) is 3.24. The molecule has 2 aromatic heterocycles. The van der Waals surface area contributed by atoms with Crippen molar-refractivity contribution in [3.8, 4) is 0 Å². The van der Waals surface area contributed by atoms with Crippen LogP contribution in [0.4, 0.5) is 5.95 Å². The number of carbonyl (C=O) groups is 1. The maximum Gasteiger partial charge on any atom is 0.224 e. The lowest BCUT2D eigenvalue weighted by atomic mass is 10.1. The fourth-order valence-corrected chi connectivity index (χ4v) is 2.72. The molecule has 1 saturated heterocycles. The summed E-state index contributed by atoms with van der Waals surface area (Å²) in [6, 6.07) is 3.68. The van der Waals surface area contributed by atoms with Crippen LogP contribution in [0.15, 0.2) is 29.0 Å². The average molecular weight is 301 g/mol. The Morgan fingerprint density at radius 3 is 3.00 bits per heavy atom. The highest BCUT2D eigenvalue weighted by Crippen LogP contribution is 2.32. The van der Waals surface area contributed by atoms with Crippen molar-refractivity contribution < 1.29 is 9.32 Å². The summed E-state index contributed by atoms with van der Waals surface area (Å²) < 4.78 is 5.32. The molecule has 0 aromatic carbocycles. The molecule has 0 aliphatic carbocycles. The Morgan fingerprint density at radius 2 is 2.27 bits per heavy atom. The predicted octanol–water partition coefficient (Wildman–Crippen LogP) is 1.94. The molecule has 1 N–H and O–H groups in total. The molecule has 0 bridgehead atoms. The van der Waals surface area contributed by atoms with Crippen molar-refractivity contribution in [1.29, 1.82) is 0 Å². The van der Waals surface area contributed by atoms with Crippen LogP contribution in [0.5, 0.6) is 0 Å². The van der Waals surface area contributed by atoms with E-state index in [2.05, 4.69) is 20.4 Å². The number of aromatic nitrogens is 3. The molecule has 0 saturated carbocycles. The minimum Gasteiger partial charge on any atom is -0.359 e. The molecule has 1 amide bonds. The number of nitrogens with one attached hydrogen (secondary N) is 1. The Balaban J connectivity index is 1.55. The Kier molecular flexibility index (Phi) is 4.32. The van der Waals surface area contributed by atoms with Gasteiger partial charge in [0, 0.05) is 38.0 Å². The summed E-state index contributed by atoms with van der Waals surface area (Å²) in [4.78, 5) is 22.4. The summed E-state index contributed by atoms with van der Waals surface area (Å²) in [5.41, 5.74) is 0.845. The van der Waals surface area contributed by atoms with Gasteiger partial charge in [0.05, 0.1) is 11.7 Å². The predicted molar refractivity (Wildman–Crippen MR) is 80.1 cm³/mol. The van der Waals surface area contributed by atoms with Crippen LogP contribution >= 0.6 is 0 Å². The number of hydrogen-bond donors (Lipinski definition) is 1. The van der Waals surface area contributed by atoms with E-state index in [4.69, 9.17) is 4.52 Å². The molecule has 1 atom stereocenters. The zero-order valence-corrected chi connectivity index (χ0v) is 12.5. The topological polar surface area (TPSA) is 84.2 Å². The third-order valence-corrected chi connectivity index (χ3v) is 3.74. The van der Waals surface area contributed by atoms with Gasteiger partial charge >= 0.3 is 0 Å². The molecule has 7 heteroatoms. The first kappa shape index (κ1) is 14.5. The van der Waals surface area contributed by atoms with Crippen LogP contribution in [0.1, 0.15) is 36.8 Å². The van der Waals surface area contributed by atoms with Gasteiger partial charge in [-0.3, -0.25) is 4.79 Å². The van der Waals surface area contributed by atoms with Crippen LogP contribution in [0.3, 0.4) is 0 Å². The summed E-state index contributed by atoms with van der Waals surface area (Å²) >= 11 is 0. The van der Waals surface area contributed by atoms with E-state index in [1.54, 1.807) is 18.5 Å². The van der Waals surface area contributed by atoms with E-state index in [1.165, 1.54) is 0 Å². The smallest absolute Gasteiger partial charge is 0.224 e. The molecular weight excluding hydrogens is 282 g/mol. The Bertz CT molecular complexity index is 628. The van der Waals surface area contributed by atoms with Crippen molar-refractivity contribution in [2.24, 2.45) is 0 Å². The normalized spacial score (nSPS) is 17.7. The molecule has 3 rings (SSSR count). The molecule has 116 valence electrons. The van der Waals surface area contributed by atoms with Gasteiger partial charge in [0.25, 0.3) is 0 Å². The summed E-state index contributed by atoms with van der Waals surface area (Å²) in [5.74, 6) is 1.43. The second-order valence-corrected chi connectivity index (χ2v) is 5.36. The molecule has 1 aliphatic rings. The maximum atomic E-state index is 12.4. The number of amides is 1. The number of carbonyl (C=O) groups excluding carboxylic acids is 1. The molecule has 3 heterocycles. The molecule has 22 heavy (non-hydrogen) atoms. The molecule has 7 nitrogen and oxygen atoms in total. The minimum atomic E-state index is 0.0154. The van der Waals surface area contributed by atoms with E-state index in [9.17, 15) is 4.79 Å². The maximum absolute atomic E-state index is 12.4. The summed E-state index contributed by atoms with van der Waals surface area (Å²) in [6.45, 7) is 3.17. The quantitative estimate of drug-likeness (QED) is 0.908. The van der Waals surface area contributed by atoms with Gasteiger partial charge in [0.2, 0.25) is 11.9 Å². The van der Waals surface area contributed by atoms with Crippen LogP contribution in [-0.4, -0.2) is 39.0 Å². The summed E-state index contributed by atoms with van der Waals surface area (Å²) in [5, 5.41) is 6.97. The van der Waals surface area contributed by atoms with Crippen LogP contribution < -0.4 is 5.32 Å². The van der Waals surface area contributed by atoms with Gasteiger partial charge in [-0.2, -0.15) is 0 Å². The Labute approximate surface area is 128 Å². The van der Waals surface area contributed by atoms with Crippen molar-refractivity contribution in [3.05, 3.63) is 36.0 Å². The molecular formula is C15H19N5O2. The number of rotatable bonds is 5. The van der Waals surface area contributed by atoms with Gasteiger partial charge in [-0.05, 0) is 25.8 Å². The zero-order chi connectivity index (χ0) is 15.4. The molecule has 2 aromatic rings. The van der Waals surface area contributed by atoms with Gasteiger partial charge in [0.15, 0.2) is 5.76 Å². The lowest BCUT2D eigenvalue weighted by molar-refractivity contribution is -0.132. The highest BCUT2D eigenvalue weighted by Gasteiger charge is 2.32. The summed E-state index contributed by atoms with van der Waals surface area (Å²) in [6.07, 6.45) is 5.66. The second-order valence-electron chi connectivity index (χ2n) is 5.36. The van der Waals surface area contributed by atoms with E-state index < -0.39 is 0 Å². The molecule has 1 aliphatic heterocycles. The van der Waals surface area contributed by atoms with Crippen LogP contribution in [0, 0.1) is 6.92 Å². The third-order valence-electron chi connectivity index (χ3n) is 3.74. The highest BCUT2D eigenvalue weighted by molar-refractivity contribution is 5.77. The minimum absolute atomic E-state index is 0.0154. The van der Waals surface area contributed by atoms with Crippen LogP contribution in [-0.2, 0) is 4.79 Å². The van der Waals surface area contributed by atoms with Crippen molar-refractivity contribution in [1.82, 2.24) is 20.0 Å². The SMILES string of the molecule is Cc1cc([C@H]2CCCN2C(=O)CCNc2ncccn2)on1. The van der Waals surface area contributed by atoms with E-state index in [1.807, 2.05) is 17.9 Å². The van der Waals surface area contributed by atoms with Crippen molar-refractivity contribution in [3.63, 3.8) is 0 Å². The number of anilines is 1. The molecule has 0 unspecified atom stereocenters. The number of hydrogen-bond acceptors (Lipinski definition) is 6. The number of nitrogens with zero attached hydrogens (tertiary/aromatic N) is 4. The second kappa shape index (κ2) is 6.55. The fourth-order valence-electron chi connectivity index (χ4n) is 2.72. The van der Waals surface area contributed by atoms with Crippen LogP contribution in [0.25, 0.3) is 0 Å². The first-order valence-corrected chi connectivity index (χ1v) is 7.47. The Hall–Kier alpha value is -2.44. The van der Waals surface area contributed by atoms with Gasteiger partial charge in [-0.15, -0.1) is 0 Å². The van der Waals surface area contributed by atoms with E-state index in [0.717, 1.165) is 30.8 Å². The first-order chi connectivity index (χ1) is 10.7. The van der Waals surface area contributed by atoms with Crippen molar-refractivity contribution in [2.45, 2.75) is 32.2 Å². The van der Waals surface area contributed by atoms with Gasteiger partial charge in [-0.25, -0.2) is 9.97 Å². The average Bonchev–Trinajstić information content (AvgIpc) is 3.16. The monoisotopic (exact) mass is 301 g/mol. The highest BCUT2D eigenvalue weighted by atomic mass is 16.5. The lowest BCUT2D eigenvalue weighted by Gasteiger charge is -2.22. The van der Waals surface area contributed by atoms with Crippen molar-refractivity contribution in [2.75, 3.05) is 18.4 Å². The van der Waals surface area contributed by atoms with Gasteiger partial charge in [-0.1, -0.05) is 5.16 Å². The largest absolute Gasteiger partial charge is 0.359 e. The van der Waals surface area contributed by atoms with Gasteiger partial charge < -0.3 is 14.7 Å². The Morgan fingerprint density at radius 1 is 1.45 bits per heavy atom. The van der Waals surface area contributed by atoms with E-state index in [0.29, 0.717) is 18.9 Å². The van der Waals surface area contributed by atoms with Crippen LogP contribution in [0.2, 0.25) is 0 Å².